The molecule has 1 aromatic carbocycles. The fraction of sp³-hybridized carbons (Fsp3) is 0.556. The van der Waals surface area contributed by atoms with Gasteiger partial charge in [0.15, 0.2) is 15.8 Å². The van der Waals surface area contributed by atoms with Crippen LogP contribution in [-0.2, 0) is 26.9 Å². The summed E-state index contributed by atoms with van der Waals surface area (Å²) in [4.78, 5) is 17.7. The topological polar surface area (TPSA) is 114 Å². The average Bonchev–Trinajstić information content (AvgIpc) is 2.60. The molecule has 1 aliphatic rings. The molecule has 1 heterocycles. The zero-order valence-corrected chi connectivity index (χ0v) is 19.4. The van der Waals surface area contributed by atoms with Crippen LogP contribution >= 0.6 is 24.0 Å². The van der Waals surface area contributed by atoms with Crippen molar-refractivity contribution in [3.05, 3.63) is 35.4 Å². The van der Waals surface area contributed by atoms with E-state index in [0.29, 0.717) is 32.2 Å². The number of hydrogen-bond acceptors (Lipinski definition) is 5. The number of aliphatic imine (C=N–C) groups is 1. The van der Waals surface area contributed by atoms with Crippen LogP contribution in [0.1, 0.15) is 30.9 Å². The zero-order valence-electron chi connectivity index (χ0n) is 16.3. The van der Waals surface area contributed by atoms with Crippen LogP contribution in [0.25, 0.3) is 0 Å². The van der Waals surface area contributed by atoms with Gasteiger partial charge >= 0.3 is 6.09 Å². The van der Waals surface area contributed by atoms with Crippen LogP contribution in [0.2, 0.25) is 0 Å². The van der Waals surface area contributed by atoms with E-state index in [1.54, 1.807) is 17.9 Å². The van der Waals surface area contributed by atoms with Crippen molar-refractivity contribution in [2.45, 2.75) is 38.1 Å². The highest BCUT2D eigenvalue weighted by Gasteiger charge is 2.23. The SMILES string of the molecule is CCOC(=O)N1CCC(NC(N)=NCc2ccccc2CS(C)(=O)=O)CC1.I. The molecule has 1 fully saturated rings. The Morgan fingerprint density at radius 2 is 1.89 bits per heavy atom. The van der Waals surface area contributed by atoms with Crippen molar-refractivity contribution in [3.63, 3.8) is 0 Å². The van der Waals surface area contributed by atoms with Crippen molar-refractivity contribution < 1.29 is 17.9 Å². The first kappa shape index (κ1) is 24.5. The first-order chi connectivity index (χ1) is 12.8. The maximum Gasteiger partial charge on any atom is 0.409 e. The summed E-state index contributed by atoms with van der Waals surface area (Å²) in [6, 6.07) is 7.46. The van der Waals surface area contributed by atoms with E-state index in [0.717, 1.165) is 24.0 Å². The maximum absolute atomic E-state index is 11.7. The lowest BCUT2D eigenvalue weighted by Gasteiger charge is -2.31. The van der Waals surface area contributed by atoms with Gasteiger partial charge in [-0.05, 0) is 30.9 Å². The number of hydrogen-bond donors (Lipinski definition) is 2. The third-order valence-electron chi connectivity index (χ3n) is 4.33. The second-order valence-corrected chi connectivity index (χ2v) is 8.79. The lowest BCUT2D eigenvalue weighted by molar-refractivity contribution is 0.0963. The van der Waals surface area contributed by atoms with Gasteiger partial charge in [-0.3, -0.25) is 0 Å². The molecule has 10 heteroatoms. The molecule has 0 radical (unpaired) electrons. The molecule has 3 N–H and O–H groups in total. The Morgan fingerprint density at radius 1 is 1.29 bits per heavy atom. The molecule has 1 aliphatic heterocycles. The van der Waals surface area contributed by atoms with Crippen LogP contribution < -0.4 is 11.1 Å². The highest BCUT2D eigenvalue weighted by Crippen LogP contribution is 2.14. The summed E-state index contributed by atoms with van der Waals surface area (Å²) in [7, 11) is -3.12. The third kappa shape index (κ3) is 8.21. The number of rotatable bonds is 6. The highest BCUT2D eigenvalue weighted by atomic mass is 127. The van der Waals surface area contributed by atoms with Crippen LogP contribution in [0.4, 0.5) is 4.79 Å². The number of halogens is 1. The van der Waals surface area contributed by atoms with E-state index in [-0.39, 0.29) is 41.9 Å². The Labute approximate surface area is 183 Å². The minimum absolute atomic E-state index is 0. The summed E-state index contributed by atoms with van der Waals surface area (Å²) in [5, 5.41) is 3.18. The quantitative estimate of drug-likeness (QED) is 0.334. The predicted molar refractivity (Wildman–Crippen MR) is 120 cm³/mol. The summed E-state index contributed by atoms with van der Waals surface area (Å²) < 4.78 is 28.1. The summed E-state index contributed by atoms with van der Waals surface area (Å²) in [6.45, 7) is 3.70. The van der Waals surface area contributed by atoms with E-state index in [9.17, 15) is 13.2 Å². The summed E-state index contributed by atoms with van der Waals surface area (Å²) in [5.41, 5.74) is 7.56. The van der Waals surface area contributed by atoms with Gasteiger partial charge < -0.3 is 20.7 Å². The molecule has 1 saturated heterocycles. The molecule has 2 rings (SSSR count). The van der Waals surface area contributed by atoms with E-state index in [1.807, 2.05) is 18.2 Å². The Morgan fingerprint density at radius 3 is 2.46 bits per heavy atom. The van der Waals surface area contributed by atoms with Crippen LogP contribution in [0.15, 0.2) is 29.3 Å². The summed E-state index contributed by atoms with van der Waals surface area (Å²) in [6.07, 6.45) is 2.46. The molecule has 0 atom stereocenters. The van der Waals surface area contributed by atoms with Gasteiger partial charge in [0.1, 0.15) is 0 Å². The molecule has 158 valence electrons. The van der Waals surface area contributed by atoms with Crippen LogP contribution in [0.3, 0.4) is 0 Å². The van der Waals surface area contributed by atoms with Gasteiger partial charge in [0, 0.05) is 25.4 Å². The number of sulfone groups is 1. The van der Waals surface area contributed by atoms with E-state index >= 15 is 0 Å². The first-order valence-corrected chi connectivity index (χ1v) is 11.1. The summed E-state index contributed by atoms with van der Waals surface area (Å²) >= 11 is 0. The second-order valence-electron chi connectivity index (χ2n) is 6.64. The van der Waals surface area contributed by atoms with E-state index in [1.165, 1.54) is 6.26 Å². The van der Waals surface area contributed by atoms with Crippen molar-refractivity contribution in [3.8, 4) is 0 Å². The number of likely N-dealkylation sites (tertiary alicyclic amines) is 1. The number of nitrogens with two attached hydrogens (primary N) is 1. The Hall–Kier alpha value is -1.56. The van der Waals surface area contributed by atoms with Crippen molar-refractivity contribution in [1.29, 1.82) is 0 Å². The number of guanidine groups is 1. The van der Waals surface area contributed by atoms with Gasteiger partial charge in [-0.2, -0.15) is 0 Å². The van der Waals surface area contributed by atoms with Gasteiger partial charge in [-0.25, -0.2) is 18.2 Å². The van der Waals surface area contributed by atoms with Crippen molar-refractivity contribution in [2.75, 3.05) is 26.0 Å². The molecule has 0 spiro atoms. The lowest BCUT2D eigenvalue weighted by atomic mass is 10.1. The zero-order chi connectivity index (χ0) is 19.9. The molecule has 0 aliphatic carbocycles. The molecule has 1 aromatic rings. The van der Waals surface area contributed by atoms with E-state index in [2.05, 4.69) is 10.3 Å². The predicted octanol–water partition coefficient (Wildman–Crippen LogP) is 1.87. The first-order valence-electron chi connectivity index (χ1n) is 9.01. The van der Waals surface area contributed by atoms with E-state index < -0.39 is 9.84 Å². The Balaban J connectivity index is 0.00000392. The van der Waals surface area contributed by atoms with Crippen molar-refractivity contribution in [2.24, 2.45) is 10.7 Å². The van der Waals surface area contributed by atoms with Gasteiger partial charge in [-0.1, -0.05) is 24.3 Å². The monoisotopic (exact) mass is 524 g/mol. The third-order valence-corrected chi connectivity index (χ3v) is 5.16. The molecule has 0 aromatic heterocycles. The number of amides is 1. The number of nitrogens with one attached hydrogen (secondary N) is 1. The lowest BCUT2D eigenvalue weighted by Crippen LogP contribution is -2.48. The number of ether oxygens (including phenoxy) is 1. The number of piperidine rings is 1. The number of carbonyl (C=O) groups is 1. The molecule has 8 nitrogen and oxygen atoms in total. The minimum atomic E-state index is -3.12. The van der Waals surface area contributed by atoms with Crippen LogP contribution in [0, 0.1) is 0 Å². The average molecular weight is 524 g/mol. The molecular formula is C18H29IN4O4S. The fourth-order valence-corrected chi connectivity index (χ4v) is 3.83. The number of carbonyl (C=O) groups excluding carboxylic acids is 1. The van der Waals surface area contributed by atoms with Crippen LogP contribution in [-0.4, -0.2) is 57.4 Å². The molecule has 28 heavy (non-hydrogen) atoms. The minimum Gasteiger partial charge on any atom is -0.450 e. The number of benzene rings is 1. The van der Waals surface area contributed by atoms with Crippen molar-refractivity contribution in [1.82, 2.24) is 10.2 Å². The maximum atomic E-state index is 11.7. The smallest absolute Gasteiger partial charge is 0.409 e. The second kappa shape index (κ2) is 11.4. The summed E-state index contributed by atoms with van der Waals surface area (Å²) in [5.74, 6) is 0.303. The fourth-order valence-electron chi connectivity index (χ4n) is 2.98. The Bertz CT molecular complexity index is 778. The molecule has 0 saturated carbocycles. The normalized spacial score (nSPS) is 15.6. The largest absolute Gasteiger partial charge is 0.450 e. The van der Waals surface area contributed by atoms with Gasteiger partial charge in [0.2, 0.25) is 0 Å². The van der Waals surface area contributed by atoms with E-state index in [4.69, 9.17) is 10.5 Å². The Kier molecular flexibility index (Phi) is 10.0. The molecular weight excluding hydrogens is 495 g/mol. The molecule has 0 unspecified atom stereocenters. The van der Waals surface area contributed by atoms with Gasteiger partial charge in [0.05, 0.1) is 18.9 Å². The highest BCUT2D eigenvalue weighted by molar-refractivity contribution is 14.0. The molecule has 1 amide bonds. The number of nitrogens with zero attached hydrogens (tertiary/aromatic N) is 2. The van der Waals surface area contributed by atoms with Gasteiger partial charge in [-0.15, -0.1) is 24.0 Å². The standard InChI is InChI=1S/C18H28N4O4S.HI/c1-3-26-18(23)22-10-8-16(9-11-22)21-17(19)20-12-14-6-4-5-7-15(14)13-27(2,24)25;/h4-7,16H,3,8-13H2,1-2H3,(H3,19,20,21);1H. The van der Waals surface area contributed by atoms with Crippen molar-refractivity contribution >= 4 is 45.9 Å². The van der Waals surface area contributed by atoms with Crippen LogP contribution in [0.5, 0.6) is 0 Å². The molecule has 0 bridgehead atoms. The van der Waals surface area contributed by atoms with Gasteiger partial charge in [0.25, 0.3) is 0 Å².